The van der Waals surface area contributed by atoms with Crippen molar-refractivity contribution in [2.45, 2.75) is 146 Å². The molecule has 20 nitrogen and oxygen atoms in total. The number of sulfone groups is 3. The maximum atomic E-state index is 14.8. The van der Waals surface area contributed by atoms with Gasteiger partial charge in [0.05, 0.1) is 65.9 Å². The van der Waals surface area contributed by atoms with Crippen LogP contribution in [0.2, 0.25) is 5.15 Å². The number of aliphatic hydroxyl groups is 1. The highest BCUT2D eigenvalue weighted by molar-refractivity contribution is 7.94. The fourth-order valence-electron chi connectivity index (χ4n) is 10.2. The SMILES string of the molecule is C.CC1(C)C(N)=N[C@](C)(c2cc(/C=C(\F)c3c[nH]c(=O)cn3)ccc2F)CS1(=O)=O.CC1=N[C@](C)(c2cc(/C=C(\F)c3cnc(Cl)cn3)ccc2F)CS(=O)(=O)C1(C)C.CC1=N[C@](C)(c2cc(/C=C(\F)c3cnc(OCC4CC4)cn3)ccc2F)CS(=O)(=O)C1(C)C.O=CC(F)(F)F.OCC1CC1. The number of alkyl halides is 3. The lowest BCUT2D eigenvalue weighted by atomic mass is 9.91. The minimum Gasteiger partial charge on any atom is -0.476 e. The van der Waals surface area contributed by atoms with Crippen LogP contribution in [-0.2, 0) is 50.9 Å². The number of aromatic amines is 1. The van der Waals surface area contributed by atoms with Crippen molar-refractivity contribution in [3.05, 3.63) is 175 Å². The monoisotopic (exact) mass is 1520 g/mol. The van der Waals surface area contributed by atoms with Crippen molar-refractivity contribution in [3.63, 3.8) is 0 Å². The Bertz CT molecular complexity index is 4740. The number of H-pyrrole nitrogens is 1. The van der Waals surface area contributed by atoms with Gasteiger partial charge in [0.1, 0.15) is 65.3 Å². The molecule has 4 N–H and O–H groups in total. The summed E-state index contributed by atoms with van der Waals surface area (Å²) >= 11 is 5.65. The average Bonchev–Trinajstić information content (AvgIpc) is 1.75. The molecule has 0 amide bonds. The fraction of sp³-hybridized carbons (Fsp3) is 0.429. The number of aromatic nitrogens is 6. The van der Waals surface area contributed by atoms with Crippen LogP contribution in [0, 0.1) is 29.3 Å². The molecule has 3 aromatic heterocycles. The van der Waals surface area contributed by atoms with Crippen LogP contribution >= 0.6 is 11.6 Å². The highest BCUT2D eigenvalue weighted by atomic mass is 35.5. The van der Waals surface area contributed by atoms with Gasteiger partial charge in [-0.1, -0.05) is 37.2 Å². The Hall–Kier alpha value is -8.33. The molecule has 33 heteroatoms. The van der Waals surface area contributed by atoms with Gasteiger partial charge in [-0.3, -0.25) is 24.6 Å². The van der Waals surface area contributed by atoms with Gasteiger partial charge in [0.2, 0.25) is 12.2 Å². The fourth-order valence-corrected chi connectivity index (χ4v) is 15.6. The molecule has 0 spiro atoms. The molecule has 2 saturated carbocycles. The number of carbonyl (C=O) groups is 1. The number of hydrogen-bond acceptors (Lipinski definition) is 19. The van der Waals surface area contributed by atoms with Gasteiger partial charge in [0.15, 0.2) is 47.0 Å². The van der Waals surface area contributed by atoms with Crippen LogP contribution in [0.1, 0.15) is 160 Å². The molecule has 558 valence electrons. The number of halogens is 10. The lowest BCUT2D eigenvalue weighted by Crippen LogP contribution is -2.55. The molecule has 3 aliphatic heterocycles. The smallest absolute Gasteiger partial charge is 0.446 e. The average molecular weight is 1520 g/mol. The number of nitrogens with two attached hydrogens (primary N) is 1. The first kappa shape index (κ1) is 83.6. The van der Waals surface area contributed by atoms with Gasteiger partial charge in [0, 0.05) is 40.9 Å². The van der Waals surface area contributed by atoms with E-state index in [1.54, 1.807) is 55.4 Å². The van der Waals surface area contributed by atoms with Gasteiger partial charge in [0.25, 0.3) is 5.56 Å². The van der Waals surface area contributed by atoms with Crippen molar-refractivity contribution >= 4 is 100 Å². The second-order valence-electron chi connectivity index (χ2n) is 27.0. The molecule has 0 unspecified atom stereocenters. The molecule has 0 saturated heterocycles. The predicted octanol–water partition coefficient (Wildman–Crippen LogP) is 13.3. The van der Waals surface area contributed by atoms with Gasteiger partial charge < -0.3 is 20.6 Å². The Balaban J connectivity index is 0.000000224. The Kier molecular flexibility index (Phi) is 25.9. The van der Waals surface area contributed by atoms with Crippen LogP contribution in [0.15, 0.2) is 112 Å². The molecule has 0 bridgehead atoms. The number of ether oxygens (including phenoxy) is 1. The van der Waals surface area contributed by atoms with Crippen LogP contribution in [0.3, 0.4) is 0 Å². The molecule has 3 atom stereocenters. The predicted molar refractivity (Wildman–Crippen MR) is 380 cm³/mol. The topological polar surface area (TPSA) is 309 Å². The number of nitrogens with zero attached hydrogens (tertiary/aromatic N) is 8. The van der Waals surface area contributed by atoms with E-state index in [4.69, 9.17) is 32.0 Å². The van der Waals surface area contributed by atoms with Crippen LogP contribution in [0.5, 0.6) is 5.88 Å². The summed E-state index contributed by atoms with van der Waals surface area (Å²) in [5.74, 6) is -3.65. The van der Waals surface area contributed by atoms with E-state index in [-0.39, 0.29) is 69.3 Å². The largest absolute Gasteiger partial charge is 0.476 e. The number of hydrogen-bond donors (Lipinski definition) is 3. The number of aldehydes is 1. The molecular weight excluding hydrogens is 1440 g/mol. The standard InChI is InChI=1S/C24H27F2N3O3S.C20H20ClF2N3O2S.C19H20F2N4O3S.C4H8O.C2HF3O.CH4/c1-15-23(2,3)33(30,31)14-24(4,29-15)18-9-17(7-8-19(18)25)10-20(26)21-11-28-22(12-27-21)32-13-16-5-6-16;1-12-19(2,3)29(27,28)11-20(4,26-12)14-7-13(5-6-15(14)22)8-16(23)17-9-25-18(21)10-24-17;1-18(2)17(22)25-19(3,10-29(18,27)28)12-6-11(4-5-13(12)20)7-14(21)15-8-24-16(26)9-23-15;5-3-4-1-2-4;3-2(4,5)1-6;/h7-12,16H,5-6,13-14H2,1-4H3;5-10H,11H2,1-4H3;4-9H,10H2,1-3H3,(H2,22,25)(H,24,26);4-5H,1-3H2;1H;1H4/b20-10-;16-8-;14-7-;;;/t24-;20-;19-;;;/m000.../s1. The molecule has 2 aliphatic carbocycles. The number of carbonyl (C=O) groups excluding carboxylic acids is 1. The molecule has 0 radical (unpaired) electrons. The maximum Gasteiger partial charge on any atom is 0.446 e. The van der Waals surface area contributed by atoms with Crippen LogP contribution in [0.25, 0.3) is 35.7 Å². The second-order valence-corrected chi connectivity index (χ2v) is 35.0. The van der Waals surface area contributed by atoms with Crippen molar-refractivity contribution in [1.82, 2.24) is 29.9 Å². The van der Waals surface area contributed by atoms with Crippen molar-refractivity contribution in [3.8, 4) is 5.88 Å². The lowest BCUT2D eigenvalue weighted by Gasteiger charge is -2.38. The van der Waals surface area contributed by atoms with Crippen molar-refractivity contribution in [2.24, 2.45) is 32.5 Å². The van der Waals surface area contributed by atoms with Crippen molar-refractivity contribution in [2.75, 3.05) is 30.5 Å². The number of nitrogens with one attached hydrogen (secondary N) is 1. The Morgan fingerprint density at radius 2 is 0.951 bits per heavy atom. The molecule has 103 heavy (non-hydrogen) atoms. The minimum atomic E-state index is -4.64. The van der Waals surface area contributed by atoms with Gasteiger partial charge in [-0.15, -0.1) is 0 Å². The molecule has 5 aliphatic rings. The molecule has 11 rings (SSSR count). The van der Waals surface area contributed by atoms with Gasteiger partial charge >= 0.3 is 6.18 Å². The molecule has 3 aromatic carbocycles. The summed E-state index contributed by atoms with van der Waals surface area (Å²) in [5.41, 5.74) is 3.14. The first-order valence-electron chi connectivity index (χ1n) is 31.4. The van der Waals surface area contributed by atoms with Crippen molar-refractivity contribution < 1.29 is 79.4 Å². The second kappa shape index (κ2) is 32.0. The summed E-state index contributed by atoms with van der Waals surface area (Å²) in [7, 11) is -10.9. The van der Waals surface area contributed by atoms with E-state index in [0.717, 1.165) is 37.4 Å². The summed E-state index contributed by atoms with van der Waals surface area (Å²) in [6.45, 7) is 18.1. The first-order valence-corrected chi connectivity index (χ1v) is 36.8. The summed E-state index contributed by atoms with van der Waals surface area (Å²) in [6, 6.07) is 11.8. The number of benzene rings is 3. The zero-order chi connectivity index (χ0) is 76.1. The zero-order valence-electron chi connectivity index (χ0n) is 57.3. The summed E-state index contributed by atoms with van der Waals surface area (Å²) in [6.07, 6.45) is 9.69. The van der Waals surface area contributed by atoms with E-state index >= 15 is 0 Å². The first-order chi connectivity index (χ1) is 47.1. The third-order valence-electron chi connectivity index (χ3n) is 17.8. The third kappa shape index (κ3) is 20.4. The summed E-state index contributed by atoms with van der Waals surface area (Å²) < 4.78 is 198. The van der Waals surface area contributed by atoms with Crippen LogP contribution in [0.4, 0.5) is 39.5 Å². The van der Waals surface area contributed by atoms with Gasteiger partial charge in [-0.05, 0) is 185 Å². The van der Waals surface area contributed by atoms with E-state index in [9.17, 15) is 69.6 Å². The van der Waals surface area contributed by atoms with Gasteiger partial charge in [-0.25, -0.2) is 76.5 Å². The normalized spacial score (nSPS) is 22.8. The van der Waals surface area contributed by atoms with E-state index in [0.29, 0.717) is 53.5 Å². The molecule has 2 fully saturated rings. The lowest BCUT2D eigenvalue weighted by molar-refractivity contribution is -0.156. The maximum absolute atomic E-state index is 14.8. The number of aliphatic hydroxyl groups excluding tert-OH is 1. The minimum absolute atomic E-state index is 0. The highest BCUT2D eigenvalue weighted by Crippen LogP contribution is 2.43. The van der Waals surface area contributed by atoms with Crippen LogP contribution in [-0.4, -0.2) is 135 Å². The van der Waals surface area contributed by atoms with E-state index in [1.807, 2.05) is 0 Å². The molecule has 6 aromatic rings. The van der Waals surface area contributed by atoms with E-state index in [1.165, 1.54) is 119 Å². The van der Waals surface area contributed by atoms with Crippen molar-refractivity contribution in [1.29, 1.82) is 0 Å². The van der Waals surface area contributed by atoms with Gasteiger partial charge in [-0.2, -0.15) is 13.2 Å². The number of amidine groups is 1. The third-order valence-corrected chi connectivity index (χ3v) is 26.3. The molecular formula is C70H80ClF9N10O10S3. The highest BCUT2D eigenvalue weighted by Gasteiger charge is 2.52. The zero-order valence-corrected chi connectivity index (χ0v) is 60.5. The quantitative estimate of drug-likeness (QED) is 0.0715. The van der Waals surface area contributed by atoms with Crippen LogP contribution < -0.4 is 16.0 Å². The molecule has 6 heterocycles. The number of rotatable bonds is 13. The Morgan fingerprint density at radius 1 is 0.583 bits per heavy atom. The summed E-state index contributed by atoms with van der Waals surface area (Å²) in [4.78, 5) is 54.9. The Morgan fingerprint density at radius 3 is 1.26 bits per heavy atom. The van der Waals surface area contributed by atoms with E-state index in [2.05, 4.69) is 44.9 Å². The number of aliphatic imine (C=N–C) groups is 3. The Labute approximate surface area is 596 Å². The summed E-state index contributed by atoms with van der Waals surface area (Å²) in [5, 5.41) is 8.34. The van der Waals surface area contributed by atoms with E-state index < -0.39 is 119 Å².